The Balaban J connectivity index is 1.52. The van der Waals surface area contributed by atoms with Crippen LogP contribution in [0.15, 0.2) is 24.3 Å². The summed E-state index contributed by atoms with van der Waals surface area (Å²) in [5, 5.41) is 15.0. The van der Waals surface area contributed by atoms with Gasteiger partial charge in [-0.3, -0.25) is 4.79 Å². The Morgan fingerprint density at radius 2 is 1.96 bits per heavy atom. The first-order valence-electron chi connectivity index (χ1n) is 9.17. The van der Waals surface area contributed by atoms with Gasteiger partial charge in [-0.05, 0) is 56.3 Å². The summed E-state index contributed by atoms with van der Waals surface area (Å²) in [4.78, 5) is 12.8. The summed E-state index contributed by atoms with van der Waals surface area (Å²) in [6.07, 6.45) is 2.99. The number of carbonyl (C=O) groups is 1. The molecule has 25 heavy (non-hydrogen) atoms. The topological polar surface area (TPSA) is 71.8 Å². The highest BCUT2D eigenvalue weighted by atomic mass is 16.2. The molecular weight excluding hydrogens is 314 g/mol. The molecule has 0 bridgehead atoms. The number of carbonyl (C=O) groups excluding carboxylic acids is 1. The Labute approximate surface area is 148 Å². The summed E-state index contributed by atoms with van der Waals surface area (Å²) >= 11 is 0. The van der Waals surface area contributed by atoms with E-state index >= 15 is 0 Å². The Hall–Kier alpha value is -2.21. The van der Waals surface area contributed by atoms with E-state index in [1.165, 1.54) is 11.1 Å². The summed E-state index contributed by atoms with van der Waals surface area (Å²) in [5.41, 5.74) is 3.88. The molecule has 1 aliphatic carbocycles. The predicted octanol–water partition coefficient (Wildman–Crippen LogP) is 2.49. The number of fused-ring (bicyclic) bond motifs is 1. The number of amides is 1. The third-order valence-electron chi connectivity index (χ3n) is 5.59. The molecule has 0 unspecified atom stereocenters. The smallest absolute Gasteiger partial charge is 0.274 e. The van der Waals surface area contributed by atoms with Crippen molar-refractivity contribution in [3.05, 3.63) is 46.8 Å². The van der Waals surface area contributed by atoms with Crippen LogP contribution in [0, 0.1) is 6.92 Å². The normalized spacial score (nSPS) is 23.4. The number of piperidine rings is 1. The van der Waals surface area contributed by atoms with Crippen LogP contribution in [0.4, 0.5) is 0 Å². The molecule has 0 radical (unpaired) electrons. The Morgan fingerprint density at radius 1 is 1.24 bits per heavy atom. The molecule has 1 amide bonds. The van der Waals surface area contributed by atoms with Crippen LogP contribution in [-0.4, -0.2) is 34.0 Å². The molecule has 2 aliphatic rings. The lowest BCUT2D eigenvalue weighted by Gasteiger charge is -2.23. The van der Waals surface area contributed by atoms with E-state index < -0.39 is 0 Å². The number of nitrogens with zero attached hydrogens (tertiary/aromatic N) is 3. The van der Waals surface area contributed by atoms with Crippen molar-refractivity contribution >= 4 is 5.91 Å². The van der Waals surface area contributed by atoms with Gasteiger partial charge in [-0.2, -0.15) is 0 Å². The van der Waals surface area contributed by atoms with Crippen molar-refractivity contribution in [1.82, 2.24) is 25.6 Å². The third-order valence-corrected chi connectivity index (χ3v) is 5.59. The maximum atomic E-state index is 12.8. The zero-order valence-electron chi connectivity index (χ0n) is 14.8. The van der Waals surface area contributed by atoms with Crippen molar-refractivity contribution in [1.29, 1.82) is 0 Å². The lowest BCUT2D eigenvalue weighted by atomic mass is 10.0. The molecule has 2 aromatic rings. The van der Waals surface area contributed by atoms with E-state index in [0.717, 1.165) is 38.0 Å². The average Bonchev–Trinajstić information content (AvgIpc) is 3.17. The van der Waals surface area contributed by atoms with E-state index in [9.17, 15) is 4.79 Å². The van der Waals surface area contributed by atoms with E-state index in [-0.39, 0.29) is 11.9 Å². The molecule has 1 aromatic carbocycles. The van der Waals surface area contributed by atoms with Gasteiger partial charge in [0.25, 0.3) is 5.91 Å². The van der Waals surface area contributed by atoms with Gasteiger partial charge in [0.05, 0.1) is 17.8 Å². The van der Waals surface area contributed by atoms with Gasteiger partial charge in [0.1, 0.15) is 0 Å². The number of rotatable bonds is 3. The van der Waals surface area contributed by atoms with Gasteiger partial charge in [-0.15, -0.1) is 5.10 Å². The SMILES string of the molecule is Cc1c(C(=O)N[C@@H]2C[C@H](C)c3ccccc32)nnn1C1CCNCC1. The van der Waals surface area contributed by atoms with Crippen LogP contribution < -0.4 is 10.6 Å². The Morgan fingerprint density at radius 3 is 2.72 bits per heavy atom. The van der Waals surface area contributed by atoms with Gasteiger partial charge < -0.3 is 10.6 Å². The lowest BCUT2D eigenvalue weighted by molar-refractivity contribution is 0.0930. The monoisotopic (exact) mass is 339 g/mol. The lowest BCUT2D eigenvalue weighted by Crippen LogP contribution is -2.31. The largest absolute Gasteiger partial charge is 0.344 e. The first-order valence-corrected chi connectivity index (χ1v) is 9.17. The fourth-order valence-electron chi connectivity index (χ4n) is 4.20. The average molecular weight is 339 g/mol. The highest BCUT2D eigenvalue weighted by Gasteiger charge is 2.30. The summed E-state index contributed by atoms with van der Waals surface area (Å²) in [5.74, 6) is 0.347. The van der Waals surface area contributed by atoms with Crippen molar-refractivity contribution in [3.63, 3.8) is 0 Å². The van der Waals surface area contributed by atoms with E-state index in [2.05, 4.69) is 46.1 Å². The zero-order chi connectivity index (χ0) is 17.4. The minimum absolute atomic E-state index is 0.0575. The van der Waals surface area contributed by atoms with Crippen LogP contribution in [0.25, 0.3) is 0 Å². The Bertz CT molecular complexity index is 778. The zero-order valence-corrected chi connectivity index (χ0v) is 14.8. The van der Waals surface area contributed by atoms with Gasteiger partial charge in [-0.1, -0.05) is 36.4 Å². The fourth-order valence-corrected chi connectivity index (χ4v) is 4.20. The first-order chi connectivity index (χ1) is 12.1. The van der Waals surface area contributed by atoms with E-state index in [1.807, 2.05) is 17.7 Å². The maximum Gasteiger partial charge on any atom is 0.274 e. The van der Waals surface area contributed by atoms with Crippen LogP contribution in [0.3, 0.4) is 0 Å². The molecule has 1 saturated heterocycles. The molecule has 1 aromatic heterocycles. The predicted molar refractivity (Wildman–Crippen MR) is 95.6 cm³/mol. The number of hydrogen-bond acceptors (Lipinski definition) is 4. The van der Waals surface area contributed by atoms with Gasteiger partial charge in [0, 0.05) is 0 Å². The summed E-state index contributed by atoms with van der Waals surface area (Å²) < 4.78 is 1.93. The summed E-state index contributed by atoms with van der Waals surface area (Å²) in [7, 11) is 0. The number of benzene rings is 1. The molecule has 6 heteroatoms. The van der Waals surface area contributed by atoms with Crippen LogP contribution in [0.2, 0.25) is 0 Å². The molecule has 2 N–H and O–H groups in total. The van der Waals surface area contributed by atoms with Crippen molar-refractivity contribution in [2.45, 2.75) is 51.1 Å². The minimum Gasteiger partial charge on any atom is -0.344 e. The van der Waals surface area contributed by atoms with Crippen molar-refractivity contribution in [2.75, 3.05) is 13.1 Å². The van der Waals surface area contributed by atoms with Gasteiger partial charge in [-0.25, -0.2) is 4.68 Å². The van der Waals surface area contributed by atoms with Gasteiger partial charge in [0.15, 0.2) is 5.69 Å². The van der Waals surface area contributed by atoms with Gasteiger partial charge in [0.2, 0.25) is 0 Å². The van der Waals surface area contributed by atoms with Crippen LogP contribution in [0.1, 0.15) is 71.5 Å². The van der Waals surface area contributed by atoms with Crippen LogP contribution in [-0.2, 0) is 0 Å². The first kappa shape index (κ1) is 16.3. The molecule has 2 atom stereocenters. The van der Waals surface area contributed by atoms with Crippen molar-refractivity contribution in [3.8, 4) is 0 Å². The van der Waals surface area contributed by atoms with Crippen molar-refractivity contribution in [2.24, 2.45) is 0 Å². The molecule has 1 fully saturated rings. The quantitative estimate of drug-likeness (QED) is 0.901. The maximum absolute atomic E-state index is 12.8. The molecule has 6 nitrogen and oxygen atoms in total. The summed E-state index contributed by atoms with van der Waals surface area (Å²) in [6.45, 7) is 6.14. The second-order valence-electron chi connectivity index (χ2n) is 7.24. The Kier molecular flexibility index (Phi) is 4.29. The third kappa shape index (κ3) is 2.95. The molecular formula is C19H25N5O. The molecule has 4 rings (SSSR count). The minimum atomic E-state index is -0.119. The molecule has 0 spiro atoms. The molecule has 2 heterocycles. The number of nitrogens with one attached hydrogen (secondary N) is 2. The van der Waals surface area contributed by atoms with E-state index in [0.29, 0.717) is 17.7 Å². The number of aromatic nitrogens is 3. The highest BCUT2D eigenvalue weighted by molar-refractivity contribution is 5.93. The fraction of sp³-hybridized carbons (Fsp3) is 0.526. The second kappa shape index (κ2) is 6.59. The molecule has 1 aliphatic heterocycles. The molecule has 0 saturated carbocycles. The number of hydrogen-bond donors (Lipinski definition) is 2. The summed E-state index contributed by atoms with van der Waals surface area (Å²) in [6, 6.07) is 8.76. The van der Waals surface area contributed by atoms with Crippen LogP contribution in [0.5, 0.6) is 0 Å². The van der Waals surface area contributed by atoms with Crippen molar-refractivity contribution < 1.29 is 4.79 Å². The molecule has 132 valence electrons. The highest BCUT2D eigenvalue weighted by Crippen LogP contribution is 2.39. The van der Waals surface area contributed by atoms with E-state index in [4.69, 9.17) is 0 Å². The van der Waals surface area contributed by atoms with Gasteiger partial charge >= 0.3 is 0 Å². The second-order valence-corrected chi connectivity index (χ2v) is 7.24. The standard InChI is InChI=1S/C19H25N5O/c1-12-11-17(16-6-4-3-5-15(12)16)21-19(25)18-13(2)24(23-22-18)14-7-9-20-10-8-14/h3-6,12,14,17,20H,7-11H2,1-2H3,(H,21,25)/t12-,17+/m0/s1. The van der Waals surface area contributed by atoms with E-state index in [1.54, 1.807) is 0 Å². The van der Waals surface area contributed by atoms with Crippen LogP contribution >= 0.6 is 0 Å².